The van der Waals surface area contributed by atoms with Gasteiger partial charge in [-0.1, -0.05) is 11.6 Å². The topological polar surface area (TPSA) is 71.5 Å². The minimum Gasteiger partial charge on any atom is -0.378 e. The maximum absolute atomic E-state index is 12.0. The van der Waals surface area contributed by atoms with E-state index in [9.17, 15) is 9.59 Å². The number of nitrogens with zero attached hydrogens (tertiary/aromatic N) is 2. The summed E-state index contributed by atoms with van der Waals surface area (Å²) in [5.74, 6) is 0.400. The third kappa shape index (κ3) is 5.42. The summed E-state index contributed by atoms with van der Waals surface area (Å²) in [4.78, 5) is 31.1. The third-order valence-electron chi connectivity index (χ3n) is 3.40. The smallest absolute Gasteiger partial charge is 0.236 e. The van der Waals surface area contributed by atoms with E-state index in [0.717, 1.165) is 10.6 Å². The first kappa shape index (κ1) is 18.7. The van der Waals surface area contributed by atoms with Gasteiger partial charge in [0.2, 0.25) is 11.8 Å². The van der Waals surface area contributed by atoms with Crippen molar-refractivity contribution >= 4 is 63.0 Å². The molecule has 0 unspecified atom stereocenters. The number of carbonyl (C=O) groups is 2. The number of thiophene rings is 1. The summed E-state index contributed by atoms with van der Waals surface area (Å²) >= 11 is 10.0. The highest BCUT2D eigenvalue weighted by Crippen LogP contribution is 2.32. The van der Waals surface area contributed by atoms with E-state index in [1.165, 1.54) is 34.4 Å². The van der Waals surface area contributed by atoms with Crippen molar-refractivity contribution in [3.63, 3.8) is 0 Å². The first-order chi connectivity index (χ1) is 12.1. The van der Waals surface area contributed by atoms with Crippen LogP contribution in [0.4, 0.5) is 5.13 Å². The highest BCUT2D eigenvalue weighted by atomic mass is 35.5. The molecule has 3 rings (SSSR count). The Balaban J connectivity index is 1.42. The van der Waals surface area contributed by atoms with Crippen molar-refractivity contribution in [1.29, 1.82) is 0 Å². The van der Waals surface area contributed by atoms with Crippen LogP contribution in [0.1, 0.15) is 0 Å². The van der Waals surface area contributed by atoms with Crippen LogP contribution in [0.2, 0.25) is 4.34 Å². The van der Waals surface area contributed by atoms with E-state index >= 15 is 0 Å². The predicted octanol–water partition coefficient (Wildman–Crippen LogP) is 3.06. The van der Waals surface area contributed by atoms with Crippen molar-refractivity contribution in [1.82, 2.24) is 9.88 Å². The molecule has 0 aromatic carbocycles. The van der Waals surface area contributed by atoms with Gasteiger partial charge in [0.15, 0.2) is 5.13 Å². The number of hydrogen-bond acceptors (Lipinski definition) is 7. The largest absolute Gasteiger partial charge is 0.378 e. The van der Waals surface area contributed by atoms with Gasteiger partial charge in [-0.3, -0.25) is 9.59 Å². The van der Waals surface area contributed by atoms with Gasteiger partial charge in [-0.25, -0.2) is 4.98 Å². The fraction of sp³-hybridized carbons (Fsp3) is 0.400. The van der Waals surface area contributed by atoms with Gasteiger partial charge in [-0.15, -0.1) is 34.4 Å². The molecule has 0 spiro atoms. The van der Waals surface area contributed by atoms with Crippen LogP contribution in [0.3, 0.4) is 0 Å². The molecule has 1 N–H and O–H groups in total. The Kier molecular flexibility index (Phi) is 6.71. The highest BCUT2D eigenvalue weighted by Gasteiger charge is 2.17. The Morgan fingerprint density at radius 3 is 2.84 bits per heavy atom. The highest BCUT2D eigenvalue weighted by molar-refractivity contribution is 8.00. The second kappa shape index (κ2) is 9.00. The van der Waals surface area contributed by atoms with Crippen LogP contribution >= 0.6 is 46.0 Å². The van der Waals surface area contributed by atoms with Gasteiger partial charge in [0.05, 0.1) is 39.6 Å². The molecule has 0 aliphatic carbocycles. The fourth-order valence-corrected chi connectivity index (χ4v) is 4.71. The number of hydrogen-bond donors (Lipinski definition) is 1. The fourth-order valence-electron chi connectivity index (χ4n) is 2.19. The lowest BCUT2D eigenvalue weighted by atomic mass is 10.4. The van der Waals surface area contributed by atoms with E-state index in [1.807, 2.05) is 17.5 Å². The van der Waals surface area contributed by atoms with E-state index in [4.69, 9.17) is 16.3 Å². The number of halogens is 1. The molecule has 1 fully saturated rings. The Labute approximate surface area is 162 Å². The lowest BCUT2D eigenvalue weighted by molar-refractivity contribution is -0.132. The number of rotatable bonds is 6. The molecule has 0 atom stereocenters. The molecule has 0 saturated carbocycles. The van der Waals surface area contributed by atoms with Crippen molar-refractivity contribution in [2.24, 2.45) is 0 Å². The van der Waals surface area contributed by atoms with Crippen LogP contribution in [0.15, 0.2) is 17.5 Å². The van der Waals surface area contributed by atoms with Gasteiger partial charge in [0, 0.05) is 18.5 Å². The first-order valence-corrected chi connectivity index (χ1v) is 10.8. The summed E-state index contributed by atoms with van der Waals surface area (Å²) in [5.41, 5.74) is 0.798. The zero-order chi connectivity index (χ0) is 17.6. The number of morpholine rings is 1. The van der Waals surface area contributed by atoms with Crippen molar-refractivity contribution in [2.75, 3.05) is 43.1 Å². The lowest BCUT2D eigenvalue weighted by Gasteiger charge is -2.26. The maximum atomic E-state index is 12.0. The van der Waals surface area contributed by atoms with Gasteiger partial charge in [0.25, 0.3) is 0 Å². The summed E-state index contributed by atoms with van der Waals surface area (Å²) in [5, 5.41) is 5.19. The quantitative estimate of drug-likeness (QED) is 0.782. The van der Waals surface area contributed by atoms with Crippen LogP contribution in [-0.2, 0) is 14.3 Å². The maximum Gasteiger partial charge on any atom is 0.236 e. The average molecular weight is 418 g/mol. The third-order valence-corrected chi connectivity index (χ3v) is 6.33. The Morgan fingerprint density at radius 1 is 1.32 bits per heavy atom. The SMILES string of the molecule is O=C(CSCC(=O)N1CCOCC1)Nc1nc(-c2ccc(Cl)s2)cs1. The Morgan fingerprint density at radius 2 is 2.12 bits per heavy atom. The van der Waals surface area contributed by atoms with Crippen LogP contribution in [0, 0.1) is 0 Å². The standard InChI is InChI=1S/C15H16ClN3O3S3/c16-12-2-1-11(25-12)10-7-24-15(17-10)18-13(20)8-23-9-14(21)19-3-5-22-6-4-19/h1-2,7H,3-6,8-9H2,(H,17,18,20). The van der Waals surface area contributed by atoms with E-state index in [-0.39, 0.29) is 17.6 Å². The molecule has 1 aliphatic heterocycles. The monoisotopic (exact) mass is 417 g/mol. The minimum atomic E-state index is -0.162. The molecule has 0 bridgehead atoms. The molecule has 134 valence electrons. The number of aromatic nitrogens is 1. The number of ether oxygens (including phenoxy) is 1. The van der Waals surface area contributed by atoms with Gasteiger partial charge in [0.1, 0.15) is 0 Å². The molecule has 1 saturated heterocycles. The van der Waals surface area contributed by atoms with Crippen LogP contribution in [0.5, 0.6) is 0 Å². The van der Waals surface area contributed by atoms with Crippen LogP contribution < -0.4 is 5.32 Å². The lowest BCUT2D eigenvalue weighted by Crippen LogP contribution is -2.41. The summed E-state index contributed by atoms with van der Waals surface area (Å²) in [6.45, 7) is 2.41. The summed E-state index contributed by atoms with van der Waals surface area (Å²) < 4.78 is 5.92. The molecule has 6 nitrogen and oxygen atoms in total. The van der Waals surface area contributed by atoms with E-state index in [0.29, 0.717) is 41.5 Å². The molecular formula is C15H16ClN3O3S3. The number of nitrogens with one attached hydrogen (secondary N) is 1. The van der Waals surface area contributed by atoms with Gasteiger partial charge >= 0.3 is 0 Å². The molecule has 1 aliphatic rings. The molecule has 10 heteroatoms. The number of carbonyl (C=O) groups excluding carboxylic acids is 2. The summed E-state index contributed by atoms with van der Waals surface area (Å²) in [6, 6.07) is 3.72. The molecule has 25 heavy (non-hydrogen) atoms. The molecule has 2 amide bonds. The zero-order valence-electron chi connectivity index (χ0n) is 13.2. The van der Waals surface area contributed by atoms with Crippen molar-refractivity contribution in [3.05, 3.63) is 21.8 Å². The van der Waals surface area contributed by atoms with E-state index in [2.05, 4.69) is 10.3 Å². The number of amides is 2. The van der Waals surface area contributed by atoms with E-state index in [1.54, 1.807) is 4.90 Å². The summed E-state index contributed by atoms with van der Waals surface area (Å²) in [6.07, 6.45) is 0. The molecule has 2 aromatic heterocycles. The number of thioether (sulfide) groups is 1. The molecule has 2 aromatic rings. The summed E-state index contributed by atoms with van der Waals surface area (Å²) in [7, 11) is 0. The van der Waals surface area contributed by atoms with Crippen molar-refractivity contribution in [2.45, 2.75) is 0 Å². The second-order valence-electron chi connectivity index (χ2n) is 5.18. The Bertz CT molecular complexity index is 743. The normalized spacial score (nSPS) is 14.5. The molecular weight excluding hydrogens is 402 g/mol. The number of thiazole rings is 1. The minimum absolute atomic E-state index is 0.0483. The van der Waals surface area contributed by atoms with Gasteiger partial charge in [-0.05, 0) is 12.1 Å². The molecule has 3 heterocycles. The van der Waals surface area contributed by atoms with Crippen LogP contribution in [0.25, 0.3) is 10.6 Å². The van der Waals surface area contributed by atoms with Crippen molar-refractivity contribution in [3.8, 4) is 10.6 Å². The average Bonchev–Trinajstić information content (AvgIpc) is 3.24. The first-order valence-electron chi connectivity index (χ1n) is 7.56. The van der Waals surface area contributed by atoms with Gasteiger partial charge in [-0.2, -0.15) is 0 Å². The van der Waals surface area contributed by atoms with Gasteiger partial charge < -0.3 is 15.0 Å². The number of anilines is 1. The predicted molar refractivity (Wildman–Crippen MR) is 104 cm³/mol. The zero-order valence-corrected chi connectivity index (χ0v) is 16.4. The molecule has 0 radical (unpaired) electrons. The second-order valence-corrected chi connectivity index (χ2v) is 8.73. The van der Waals surface area contributed by atoms with Crippen LogP contribution in [-0.4, -0.2) is 59.5 Å². The van der Waals surface area contributed by atoms with E-state index < -0.39 is 0 Å². The van der Waals surface area contributed by atoms with Crippen molar-refractivity contribution < 1.29 is 14.3 Å². The Hall–Kier alpha value is -1.13.